The summed E-state index contributed by atoms with van der Waals surface area (Å²) in [6.45, 7) is 4.73. The van der Waals surface area contributed by atoms with Gasteiger partial charge in [-0.3, -0.25) is 0 Å². The lowest BCUT2D eigenvalue weighted by Gasteiger charge is -2.24. The molecular weight excluding hydrogens is 379 g/mol. The Morgan fingerprint density at radius 3 is 2.45 bits per heavy atom. The van der Waals surface area contributed by atoms with E-state index in [-0.39, 0.29) is 5.41 Å². The predicted octanol–water partition coefficient (Wildman–Crippen LogP) is 6.35. The normalized spacial score (nSPS) is 18.3. The van der Waals surface area contributed by atoms with Gasteiger partial charge in [-0.1, -0.05) is 50.3 Å². The first-order chi connectivity index (χ1) is 10.6. The van der Waals surface area contributed by atoms with Crippen LogP contribution < -0.4 is 0 Å². The maximum absolute atomic E-state index is 2.41. The Morgan fingerprint density at radius 2 is 1.68 bits per heavy atom. The highest BCUT2D eigenvalue weighted by molar-refractivity contribution is 14.1. The first-order valence-corrected chi connectivity index (χ1v) is 8.96. The molecule has 0 spiro atoms. The Morgan fingerprint density at radius 1 is 0.955 bits per heavy atom. The van der Waals surface area contributed by atoms with E-state index in [1.165, 1.54) is 44.2 Å². The van der Waals surface area contributed by atoms with Gasteiger partial charge in [0.15, 0.2) is 0 Å². The third-order valence-electron chi connectivity index (χ3n) is 5.04. The number of allylic oxidation sites excluding steroid dienone is 4. The molecule has 2 aliphatic rings. The van der Waals surface area contributed by atoms with Crippen molar-refractivity contribution in [3.63, 3.8) is 0 Å². The van der Waals surface area contributed by atoms with Crippen molar-refractivity contribution in [3.8, 4) is 11.1 Å². The van der Waals surface area contributed by atoms with Crippen LogP contribution in [0.1, 0.15) is 37.8 Å². The Balaban J connectivity index is 1.85. The number of halogens is 1. The fraction of sp³-hybridized carbons (Fsp3) is 0.238. The molecule has 0 saturated carbocycles. The van der Waals surface area contributed by atoms with Gasteiger partial charge >= 0.3 is 0 Å². The molecule has 0 unspecified atom stereocenters. The molecule has 0 radical (unpaired) electrons. The number of rotatable bonds is 1. The van der Waals surface area contributed by atoms with Crippen LogP contribution in [0.3, 0.4) is 0 Å². The molecule has 0 bridgehead atoms. The first-order valence-electron chi connectivity index (χ1n) is 7.88. The van der Waals surface area contributed by atoms with E-state index < -0.39 is 0 Å². The zero-order chi connectivity index (χ0) is 15.3. The summed E-state index contributed by atoms with van der Waals surface area (Å²) in [6, 6.07) is 15.8. The van der Waals surface area contributed by atoms with Crippen molar-refractivity contribution in [1.82, 2.24) is 0 Å². The van der Waals surface area contributed by atoms with Crippen LogP contribution in [0.5, 0.6) is 0 Å². The van der Waals surface area contributed by atoms with Crippen LogP contribution in [0, 0.1) is 3.57 Å². The third kappa shape index (κ3) is 2.10. The zero-order valence-electron chi connectivity index (χ0n) is 13.0. The molecule has 0 atom stereocenters. The van der Waals surface area contributed by atoms with Gasteiger partial charge in [0.1, 0.15) is 0 Å². The van der Waals surface area contributed by atoms with Crippen molar-refractivity contribution in [2.45, 2.75) is 32.1 Å². The molecule has 0 saturated heterocycles. The van der Waals surface area contributed by atoms with Gasteiger partial charge in [0.2, 0.25) is 0 Å². The predicted molar refractivity (Wildman–Crippen MR) is 103 cm³/mol. The molecule has 2 aliphatic carbocycles. The molecule has 0 aliphatic heterocycles. The lowest BCUT2D eigenvalue weighted by atomic mass is 9.79. The lowest BCUT2D eigenvalue weighted by Crippen LogP contribution is -2.16. The van der Waals surface area contributed by atoms with Crippen LogP contribution in [0.25, 0.3) is 16.7 Å². The fourth-order valence-corrected chi connectivity index (χ4v) is 4.18. The van der Waals surface area contributed by atoms with E-state index in [2.05, 4.69) is 91.1 Å². The van der Waals surface area contributed by atoms with Crippen molar-refractivity contribution in [2.75, 3.05) is 0 Å². The Bertz CT molecular complexity index is 804. The van der Waals surface area contributed by atoms with Gasteiger partial charge < -0.3 is 0 Å². The Kier molecular flexibility index (Phi) is 3.30. The topological polar surface area (TPSA) is 0 Å². The summed E-state index contributed by atoms with van der Waals surface area (Å²) >= 11 is 2.36. The van der Waals surface area contributed by atoms with Crippen molar-refractivity contribution < 1.29 is 0 Å². The standard InChI is InChI=1S/C21H19I/c1-21(2)19-6-4-3-5-17(19)18-12-9-15(13-20(18)21)14-7-10-16(22)11-8-14/h4,6-13H,3,5H2,1-2H3. The maximum Gasteiger partial charge on any atom is 0.0155 e. The Hall–Kier alpha value is -1.35. The Labute approximate surface area is 146 Å². The summed E-state index contributed by atoms with van der Waals surface area (Å²) in [6.07, 6.45) is 7.04. The number of hydrogen-bond acceptors (Lipinski definition) is 0. The molecule has 2 aromatic rings. The molecule has 0 fully saturated rings. The van der Waals surface area contributed by atoms with Crippen LogP contribution in [-0.4, -0.2) is 0 Å². The summed E-state index contributed by atoms with van der Waals surface area (Å²) < 4.78 is 1.28. The highest BCUT2D eigenvalue weighted by Crippen LogP contribution is 2.50. The second kappa shape index (κ2) is 5.09. The van der Waals surface area contributed by atoms with Gasteiger partial charge in [-0.15, -0.1) is 0 Å². The second-order valence-electron chi connectivity index (χ2n) is 6.73. The van der Waals surface area contributed by atoms with E-state index in [0.29, 0.717) is 0 Å². The molecule has 4 rings (SSSR count). The van der Waals surface area contributed by atoms with Gasteiger partial charge in [0.25, 0.3) is 0 Å². The molecule has 0 aromatic heterocycles. The first kappa shape index (κ1) is 14.3. The van der Waals surface area contributed by atoms with Gasteiger partial charge in [0, 0.05) is 8.99 Å². The third-order valence-corrected chi connectivity index (χ3v) is 5.76. The molecule has 0 N–H and O–H groups in total. The smallest absolute Gasteiger partial charge is 0.0155 e. The quantitative estimate of drug-likeness (QED) is 0.491. The molecule has 0 heterocycles. The number of fused-ring (bicyclic) bond motifs is 2. The summed E-state index contributed by atoms with van der Waals surface area (Å²) in [5.41, 5.74) is 8.80. The van der Waals surface area contributed by atoms with Gasteiger partial charge in [0.05, 0.1) is 0 Å². The van der Waals surface area contributed by atoms with Crippen LogP contribution in [-0.2, 0) is 5.41 Å². The van der Waals surface area contributed by atoms with E-state index in [4.69, 9.17) is 0 Å². The average molecular weight is 398 g/mol. The summed E-state index contributed by atoms with van der Waals surface area (Å²) in [5, 5.41) is 0. The van der Waals surface area contributed by atoms with Crippen LogP contribution >= 0.6 is 22.6 Å². The van der Waals surface area contributed by atoms with Crippen molar-refractivity contribution in [3.05, 3.63) is 74.9 Å². The minimum atomic E-state index is 0.126. The molecule has 0 nitrogen and oxygen atoms in total. The second-order valence-corrected chi connectivity index (χ2v) is 7.97. The van der Waals surface area contributed by atoms with E-state index in [1.54, 1.807) is 5.57 Å². The average Bonchev–Trinajstić information content (AvgIpc) is 2.77. The number of benzene rings is 2. The fourth-order valence-electron chi connectivity index (χ4n) is 3.82. The molecule has 0 amide bonds. The van der Waals surface area contributed by atoms with Crippen LogP contribution in [0.4, 0.5) is 0 Å². The lowest BCUT2D eigenvalue weighted by molar-refractivity contribution is 0.651. The minimum absolute atomic E-state index is 0.126. The van der Waals surface area contributed by atoms with Crippen LogP contribution in [0.2, 0.25) is 0 Å². The highest BCUT2D eigenvalue weighted by Gasteiger charge is 2.36. The van der Waals surface area contributed by atoms with E-state index in [1.807, 2.05) is 0 Å². The van der Waals surface area contributed by atoms with Crippen LogP contribution in [0.15, 0.2) is 60.2 Å². The summed E-state index contributed by atoms with van der Waals surface area (Å²) in [5.74, 6) is 0. The van der Waals surface area contributed by atoms with E-state index in [0.717, 1.165) is 0 Å². The van der Waals surface area contributed by atoms with Gasteiger partial charge in [-0.05, 0) is 87.0 Å². The SMILES string of the molecule is CC1(C)C2=C(CCC=C2)c2ccc(-c3ccc(I)cc3)cc21. The zero-order valence-corrected chi connectivity index (χ0v) is 15.1. The molecule has 1 heteroatoms. The largest absolute Gasteiger partial charge is 0.0839 e. The maximum atomic E-state index is 2.41. The van der Waals surface area contributed by atoms with E-state index >= 15 is 0 Å². The van der Waals surface area contributed by atoms with Gasteiger partial charge in [-0.25, -0.2) is 0 Å². The number of hydrogen-bond donors (Lipinski definition) is 0. The monoisotopic (exact) mass is 398 g/mol. The molecule has 2 aromatic carbocycles. The minimum Gasteiger partial charge on any atom is -0.0839 e. The molecular formula is C21H19I. The summed E-state index contributed by atoms with van der Waals surface area (Å²) in [4.78, 5) is 0. The molecule has 110 valence electrons. The van der Waals surface area contributed by atoms with Crippen molar-refractivity contribution in [2.24, 2.45) is 0 Å². The van der Waals surface area contributed by atoms with E-state index in [9.17, 15) is 0 Å². The molecule has 22 heavy (non-hydrogen) atoms. The van der Waals surface area contributed by atoms with Crippen molar-refractivity contribution >= 4 is 28.2 Å². The summed E-state index contributed by atoms with van der Waals surface area (Å²) in [7, 11) is 0. The highest BCUT2D eigenvalue weighted by atomic mass is 127. The van der Waals surface area contributed by atoms with Gasteiger partial charge in [-0.2, -0.15) is 0 Å². The van der Waals surface area contributed by atoms with Crippen molar-refractivity contribution in [1.29, 1.82) is 0 Å².